The third kappa shape index (κ3) is 5.03. The Hall–Kier alpha value is -0.750. The molecule has 6 heteroatoms. The highest BCUT2D eigenvalue weighted by Gasteiger charge is 2.17. The normalized spacial score (nSPS) is 10.7. The summed E-state index contributed by atoms with van der Waals surface area (Å²) in [5.41, 5.74) is 0.815. The largest absolute Gasteiger partial charge is 0.478 e. The number of carboxylic acids is 1. The van der Waals surface area contributed by atoms with Crippen molar-refractivity contribution in [3.63, 3.8) is 0 Å². The Morgan fingerprint density at radius 1 is 1.26 bits per heavy atom. The molecule has 1 rings (SSSR count). The first kappa shape index (κ1) is 16.3. The Bertz CT molecular complexity index is 439. The van der Waals surface area contributed by atoms with Crippen molar-refractivity contribution in [2.75, 3.05) is 17.3 Å². The van der Waals surface area contributed by atoms with Crippen LogP contribution in [0, 0.1) is 6.92 Å². The smallest absolute Gasteiger partial charge is 0.340 e. The van der Waals surface area contributed by atoms with Crippen LogP contribution in [0.3, 0.4) is 0 Å². The maximum atomic E-state index is 11.3. The first-order chi connectivity index (χ1) is 9.10. The van der Waals surface area contributed by atoms with Gasteiger partial charge in [0, 0.05) is 12.2 Å². The van der Waals surface area contributed by atoms with Gasteiger partial charge in [-0.1, -0.05) is 13.8 Å². The lowest BCUT2D eigenvalue weighted by molar-refractivity contribution is 0.0690. The average Bonchev–Trinajstić information content (AvgIpc) is 2.37. The summed E-state index contributed by atoms with van der Waals surface area (Å²) in [7, 11) is 0. The lowest BCUT2D eigenvalue weighted by Crippen LogP contribution is -2.09. The molecular weight excluding hydrogens is 280 g/mol. The summed E-state index contributed by atoms with van der Waals surface area (Å²) < 4.78 is 0. The summed E-state index contributed by atoms with van der Waals surface area (Å²) in [5, 5.41) is 9.86. The third-order valence-electron chi connectivity index (χ3n) is 2.51. The second-order valence-corrected chi connectivity index (χ2v) is 6.44. The van der Waals surface area contributed by atoms with Gasteiger partial charge in [0.05, 0.1) is 5.69 Å². The Labute approximate surface area is 122 Å². The maximum Gasteiger partial charge on any atom is 0.340 e. The lowest BCUT2D eigenvalue weighted by Gasteiger charge is -2.09. The van der Waals surface area contributed by atoms with Crippen LogP contribution in [0.2, 0.25) is 0 Å². The number of aryl methyl sites for hydroxylation is 2. The topological polar surface area (TPSA) is 63.1 Å². The van der Waals surface area contributed by atoms with Crippen molar-refractivity contribution in [2.45, 2.75) is 38.6 Å². The van der Waals surface area contributed by atoms with Crippen LogP contribution in [0.15, 0.2) is 5.03 Å². The van der Waals surface area contributed by atoms with Gasteiger partial charge in [0.15, 0.2) is 0 Å². The van der Waals surface area contributed by atoms with Gasteiger partial charge in [-0.25, -0.2) is 14.8 Å². The Morgan fingerprint density at radius 2 is 2.00 bits per heavy atom. The molecule has 0 saturated heterocycles. The van der Waals surface area contributed by atoms with E-state index in [0.29, 0.717) is 16.5 Å². The van der Waals surface area contributed by atoms with E-state index in [0.717, 1.165) is 30.1 Å². The molecule has 0 atom stereocenters. The molecule has 4 nitrogen and oxygen atoms in total. The lowest BCUT2D eigenvalue weighted by atomic mass is 10.2. The first-order valence-corrected chi connectivity index (χ1v) is 8.55. The molecule has 0 radical (unpaired) electrons. The zero-order chi connectivity index (χ0) is 14.3. The predicted molar refractivity (Wildman–Crippen MR) is 81.4 cm³/mol. The molecular formula is C13H20N2O2S2. The van der Waals surface area contributed by atoms with Gasteiger partial charge in [-0.3, -0.25) is 0 Å². The Morgan fingerprint density at radius 3 is 2.58 bits per heavy atom. The van der Waals surface area contributed by atoms with E-state index in [9.17, 15) is 9.90 Å². The summed E-state index contributed by atoms with van der Waals surface area (Å²) in [6, 6.07) is 0. The molecule has 0 fully saturated rings. The van der Waals surface area contributed by atoms with Gasteiger partial charge in [0.1, 0.15) is 16.4 Å². The molecule has 0 aliphatic heterocycles. The summed E-state index contributed by atoms with van der Waals surface area (Å²) in [6.07, 6.45) is 1.78. The van der Waals surface area contributed by atoms with Gasteiger partial charge in [-0.15, -0.1) is 11.8 Å². The molecule has 0 spiro atoms. The van der Waals surface area contributed by atoms with Crippen LogP contribution < -0.4 is 0 Å². The molecule has 0 unspecified atom stereocenters. The molecule has 1 heterocycles. The van der Waals surface area contributed by atoms with Crippen LogP contribution in [0.5, 0.6) is 0 Å². The molecule has 0 bridgehead atoms. The summed E-state index contributed by atoms with van der Waals surface area (Å²) >= 11 is 3.43. The van der Waals surface area contributed by atoms with Crippen LogP contribution in [-0.4, -0.2) is 38.3 Å². The second-order valence-electron chi connectivity index (χ2n) is 3.96. The predicted octanol–water partition coefficient (Wildman–Crippen LogP) is 3.28. The number of nitrogens with zero attached hydrogens (tertiary/aromatic N) is 2. The minimum absolute atomic E-state index is 0.255. The summed E-state index contributed by atoms with van der Waals surface area (Å²) in [6.45, 7) is 5.85. The van der Waals surface area contributed by atoms with Crippen molar-refractivity contribution in [3.8, 4) is 0 Å². The number of carboxylic acid groups (broad SMARTS) is 1. The number of thioether (sulfide) groups is 2. The molecule has 1 N–H and O–H groups in total. The van der Waals surface area contributed by atoms with E-state index in [1.807, 2.05) is 18.7 Å². The fourth-order valence-electron chi connectivity index (χ4n) is 1.59. The molecule has 1 aromatic heterocycles. The van der Waals surface area contributed by atoms with E-state index in [-0.39, 0.29) is 5.56 Å². The Kier molecular flexibility index (Phi) is 7.23. The van der Waals surface area contributed by atoms with Gasteiger partial charge < -0.3 is 5.11 Å². The number of hydrogen-bond acceptors (Lipinski definition) is 5. The molecule has 0 aromatic carbocycles. The van der Waals surface area contributed by atoms with Gasteiger partial charge >= 0.3 is 5.97 Å². The van der Waals surface area contributed by atoms with Crippen LogP contribution in [0.4, 0.5) is 0 Å². The number of hydrogen-bond donors (Lipinski definition) is 1. The standard InChI is InChI=1S/C13H20N2O2S2/c1-4-10-14-9(3)11(13(16)17)12(15-10)19-8-6-7-18-5-2/h4-8H2,1-3H3,(H,16,17). The van der Waals surface area contributed by atoms with Gasteiger partial charge in [-0.2, -0.15) is 11.8 Å². The van der Waals surface area contributed by atoms with E-state index in [1.54, 1.807) is 6.92 Å². The molecule has 1 aromatic rings. The van der Waals surface area contributed by atoms with Gasteiger partial charge in [0.25, 0.3) is 0 Å². The second kappa shape index (κ2) is 8.43. The maximum absolute atomic E-state index is 11.3. The Balaban J connectivity index is 2.78. The SMILES string of the molecule is CCSCCCSc1nc(CC)nc(C)c1C(=O)O. The first-order valence-electron chi connectivity index (χ1n) is 6.41. The minimum Gasteiger partial charge on any atom is -0.478 e. The highest BCUT2D eigenvalue weighted by atomic mass is 32.2. The zero-order valence-corrected chi connectivity index (χ0v) is 13.2. The van der Waals surface area contributed by atoms with Crippen molar-refractivity contribution >= 4 is 29.5 Å². The quantitative estimate of drug-likeness (QED) is 0.451. The van der Waals surface area contributed by atoms with Crippen molar-refractivity contribution in [3.05, 3.63) is 17.1 Å². The molecule has 19 heavy (non-hydrogen) atoms. The van der Waals surface area contributed by atoms with Crippen LogP contribution >= 0.6 is 23.5 Å². The number of rotatable bonds is 8. The highest BCUT2D eigenvalue weighted by Crippen LogP contribution is 2.24. The fraction of sp³-hybridized carbons (Fsp3) is 0.615. The van der Waals surface area contributed by atoms with Crippen molar-refractivity contribution in [1.82, 2.24) is 9.97 Å². The third-order valence-corrected chi connectivity index (χ3v) is 4.56. The monoisotopic (exact) mass is 300 g/mol. The van der Waals surface area contributed by atoms with Crippen molar-refractivity contribution < 1.29 is 9.90 Å². The van der Waals surface area contributed by atoms with Crippen LogP contribution in [0.1, 0.15) is 42.1 Å². The van der Waals surface area contributed by atoms with Crippen LogP contribution in [0.25, 0.3) is 0 Å². The minimum atomic E-state index is -0.939. The number of aromatic carboxylic acids is 1. The molecule has 0 aliphatic rings. The molecule has 0 amide bonds. The number of carbonyl (C=O) groups is 1. The average molecular weight is 300 g/mol. The van der Waals surface area contributed by atoms with Gasteiger partial charge in [-0.05, 0) is 24.9 Å². The molecule has 0 saturated carbocycles. The van der Waals surface area contributed by atoms with E-state index in [2.05, 4.69) is 16.9 Å². The van der Waals surface area contributed by atoms with E-state index >= 15 is 0 Å². The fourth-order valence-corrected chi connectivity index (χ4v) is 3.44. The summed E-state index contributed by atoms with van der Waals surface area (Å²) in [5.74, 6) is 2.90. The number of aromatic nitrogens is 2. The van der Waals surface area contributed by atoms with Crippen LogP contribution in [-0.2, 0) is 6.42 Å². The highest BCUT2D eigenvalue weighted by molar-refractivity contribution is 8.00. The molecule has 0 aliphatic carbocycles. The van der Waals surface area contributed by atoms with E-state index in [1.165, 1.54) is 11.8 Å². The van der Waals surface area contributed by atoms with Crippen molar-refractivity contribution in [2.24, 2.45) is 0 Å². The molecule has 106 valence electrons. The van der Waals surface area contributed by atoms with Gasteiger partial charge in [0.2, 0.25) is 0 Å². The zero-order valence-electron chi connectivity index (χ0n) is 11.6. The van der Waals surface area contributed by atoms with E-state index < -0.39 is 5.97 Å². The summed E-state index contributed by atoms with van der Waals surface area (Å²) in [4.78, 5) is 19.9. The van der Waals surface area contributed by atoms with E-state index in [4.69, 9.17) is 0 Å². The van der Waals surface area contributed by atoms with Crippen molar-refractivity contribution in [1.29, 1.82) is 0 Å².